The Morgan fingerprint density at radius 1 is 1.26 bits per heavy atom. The number of halogens is 1. The lowest BCUT2D eigenvalue weighted by molar-refractivity contribution is -0.119. The molecule has 1 fully saturated rings. The third-order valence-corrected chi connectivity index (χ3v) is 5.17. The molecule has 4 rings (SSSR count). The highest BCUT2D eigenvalue weighted by atomic mass is 19.1. The molecule has 0 bridgehead atoms. The average molecular weight is 426 g/mol. The zero-order chi connectivity index (χ0) is 22.3. The van der Waals surface area contributed by atoms with Crippen LogP contribution in [0.4, 0.5) is 10.2 Å². The fraction of sp³-hybridized carbons (Fsp3) is 0.238. The molecule has 2 aromatic heterocycles. The van der Waals surface area contributed by atoms with Gasteiger partial charge in [0.1, 0.15) is 11.3 Å². The summed E-state index contributed by atoms with van der Waals surface area (Å²) in [4.78, 5) is 41.6. The van der Waals surface area contributed by atoms with Crippen LogP contribution in [-0.4, -0.2) is 50.8 Å². The number of fused-ring (bicyclic) bond motifs is 1. The maximum absolute atomic E-state index is 14.9. The average Bonchev–Trinajstić information content (AvgIpc) is 3.16. The summed E-state index contributed by atoms with van der Waals surface area (Å²) in [6, 6.07) is 6.71. The first kappa shape index (κ1) is 20.3. The summed E-state index contributed by atoms with van der Waals surface area (Å²) in [6.45, 7) is 2.22. The van der Waals surface area contributed by atoms with Gasteiger partial charge in [0.05, 0.1) is 5.39 Å². The maximum Gasteiger partial charge on any atom is 0.341 e. The van der Waals surface area contributed by atoms with Crippen LogP contribution in [-0.2, 0) is 4.79 Å². The topological polar surface area (TPSA) is 125 Å². The molecule has 1 amide bonds. The van der Waals surface area contributed by atoms with Gasteiger partial charge in [-0.1, -0.05) is 0 Å². The van der Waals surface area contributed by atoms with E-state index < -0.39 is 22.8 Å². The number of benzene rings is 1. The molecule has 3 N–H and O–H groups in total. The van der Waals surface area contributed by atoms with E-state index in [1.807, 2.05) is 0 Å². The number of aromatic carboxylic acids is 1. The molecule has 9 nitrogen and oxygen atoms in total. The molecule has 1 saturated heterocycles. The summed E-state index contributed by atoms with van der Waals surface area (Å²) < 4.78 is 16.3. The van der Waals surface area contributed by atoms with Crippen LogP contribution in [0, 0.1) is 5.82 Å². The summed E-state index contributed by atoms with van der Waals surface area (Å²) in [5, 5.41) is 21.6. The van der Waals surface area contributed by atoms with Gasteiger partial charge in [0, 0.05) is 37.9 Å². The second kappa shape index (κ2) is 7.71. The number of carboxylic acids is 1. The molecule has 1 atom stereocenters. The number of pyridine rings is 2. The Bertz CT molecular complexity index is 1260. The Hall–Kier alpha value is -3.95. The molecule has 160 valence electrons. The standard InChI is InChI=1S/C21H19FN4O5/c1-11(27)23-12-6-7-25(9-12)20-17(22)8-15-18(29)16(21(30)31)10-26(19(15)24-20)13-2-4-14(28)5-3-13/h2-5,8,10,12,28H,6-7,9H2,1H3,(H,23,27)(H,30,31). The number of nitrogens with one attached hydrogen (secondary N) is 1. The molecule has 3 heterocycles. The molecule has 31 heavy (non-hydrogen) atoms. The molecule has 1 aliphatic rings. The van der Waals surface area contributed by atoms with Crippen molar-refractivity contribution in [3.63, 3.8) is 0 Å². The molecule has 1 unspecified atom stereocenters. The monoisotopic (exact) mass is 426 g/mol. The van der Waals surface area contributed by atoms with Gasteiger partial charge >= 0.3 is 5.97 Å². The molecule has 0 aliphatic carbocycles. The number of phenols is 1. The quantitative estimate of drug-likeness (QED) is 0.579. The molecular weight excluding hydrogens is 407 g/mol. The van der Waals surface area contributed by atoms with Gasteiger partial charge in [0.25, 0.3) is 0 Å². The van der Waals surface area contributed by atoms with Crippen molar-refractivity contribution in [2.45, 2.75) is 19.4 Å². The highest BCUT2D eigenvalue weighted by Crippen LogP contribution is 2.26. The fourth-order valence-electron chi connectivity index (χ4n) is 3.76. The molecule has 0 spiro atoms. The number of amides is 1. The highest BCUT2D eigenvalue weighted by Gasteiger charge is 2.27. The number of anilines is 1. The van der Waals surface area contributed by atoms with Crippen LogP contribution in [0.3, 0.4) is 0 Å². The van der Waals surface area contributed by atoms with Gasteiger partial charge in [-0.25, -0.2) is 14.2 Å². The normalized spacial score (nSPS) is 15.9. The highest BCUT2D eigenvalue weighted by molar-refractivity contribution is 5.92. The second-order valence-corrected chi connectivity index (χ2v) is 7.36. The Labute approximate surface area is 175 Å². The van der Waals surface area contributed by atoms with E-state index in [0.717, 1.165) is 12.3 Å². The lowest BCUT2D eigenvalue weighted by Crippen LogP contribution is -2.36. The molecule has 0 radical (unpaired) electrons. The van der Waals surface area contributed by atoms with Gasteiger partial charge in [-0.05, 0) is 36.8 Å². The largest absolute Gasteiger partial charge is 0.508 e. The molecular formula is C21H19FN4O5. The SMILES string of the molecule is CC(=O)NC1CCN(c2nc3c(cc2F)c(=O)c(C(=O)O)cn3-c2ccc(O)cc2)C1. The van der Waals surface area contributed by atoms with E-state index in [1.165, 1.54) is 35.8 Å². The number of hydrogen-bond acceptors (Lipinski definition) is 6. The minimum Gasteiger partial charge on any atom is -0.508 e. The Morgan fingerprint density at radius 2 is 1.97 bits per heavy atom. The van der Waals surface area contributed by atoms with E-state index in [2.05, 4.69) is 10.3 Å². The Balaban J connectivity index is 1.89. The number of phenolic OH excluding ortho intramolecular Hbond substituents is 1. The van der Waals surface area contributed by atoms with Crippen molar-refractivity contribution in [2.75, 3.05) is 18.0 Å². The minimum atomic E-state index is -1.44. The van der Waals surface area contributed by atoms with Crippen molar-refractivity contribution in [1.29, 1.82) is 0 Å². The molecule has 3 aromatic rings. The van der Waals surface area contributed by atoms with Gasteiger partial charge in [0.2, 0.25) is 11.3 Å². The lowest BCUT2D eigenvalue weighted by atomic mass is 10.1. The van der Waals surface area contributed by atoms with Crippen LogP contribution < -0.4 is 15.6 Å². The van der Waals surface area contributed by atoms with Crippen molar-refractivity contribution in [1.82, 2.24) is 14.9 Å². The first-order chi connectivity index (χ1) is 14.7. The van der Waals surface area contributed by atoms with Crippen molar-refractivity contribution in [2.24, 2.45) is 0 Å². The van der Waals surface area contributed by atoms with E-state index in [1.54, 1.807) is 4.90 Å². The van der Waals surface area contributed by atoms with Crippen LogP contribution in [0.1, 0.15) is 23.7 Å². The third-order valence-electron chi connectivity index (χ3n) is 5.17. The van der Waals surface area contributed by atoms with Crippen molar-refractivity contribution in [3.05, 3.63) is 58.1 Å². The first-order valence-electron chi connectivity index (χ1n) is 9.55. The van der Waals surface area contributed by atoms with Crippen molar-refractivity contribution in [3.8, 4) is 11.4 Å². The van der Waals surface area contributed by atoms with E-state index >= 15 is 0 Å². The summed E-state index contributed by atoms with van der Waals surface area (Å²) >= 11 is 0. The lowest BCUT2D eigenvalue weighted by Gasteiger charge is -2.20. The predicted molar refractivity (Wildman–Crippen MR) is 110 cm³/mol. The molecule has 0 saturated carbocycles. The number of nitrogens with zero attached hydrogens (tertiary/aromatic N) is 3. The van der Waals surface area contributed by atoms with Crippen LogP contribution in [0.2, 0.25) is 0 Å². The first-order valence-corrected chi connectivity index (χ1v) is 9.55. The Kier molecular flexibility index (Phi) is 5.05. The zero-order valence-electron chi connectivity index (χ0n) is 16.5. The smallest absolute Gasteiger partial charge is 0.341 e. The van der Waals surface area contributed by atoms with Gasteiger partial charge in [-0.3, -0.25) is 9.59 Å². The number of aromatic nitrogens is 2. The number of carboxylic acid groups (broad SMARTS) is 1. The fourth-order valence-corrected chi connectivity index (χ4v) is 3.76. The van der Waals surface area contributed by atoms with Crippen LogP contribution >= 0.6 is 0 Å². The zero-order valence-corrected chi connectivity index (χ0v) is 16.5. The van der Waals surface area contributed by atoms with Gasteiger partial charge in [0.15, 0.2) is 17.3 Å². The van der Waals surface area contributed by atoms with Crippen molar-refractivity contribution >= 4 is 28.7 Å². The van der Waals surface area contributed by atoms with E-state index in [4.69, 9.17) is 0 Å². The second-order valence-electron chi connectivity index (χ2n) is 7.36. The number of hydrogen-bond donors (Lipinski definition) is 3. The van der Waals surface area contributed by atoms with E-state index in [0.29, 0.717) is 25.2 Å². The summed E-state index contributed by atoms with van der Waals surface area (Å²) in [7, 11) is 0. The summed E-state index contributed by atoms with van der Waals surface area (Å²) in [5.41, 5.74) is -0.845. The van der Waals surface area contributed by atoms with Gasteiger partial charge < -0.3 is 25.0 Å². The van der Waals surface area contributed by atoms with Crippen LogP contribution in [0.5, 0.6) is 5.75 Å². The summed E-state index contributed by atoms with van der Waals surface area (Å²) in [6.07, 6.45) is 1.75. The molecule has 1 aromatic carbocycles. The van der Waals surface area contributed by atoms with Gasteiger partial charge in [-0.2, -0.15) is 0 Å². The Morgan fingerprint density at radius 3 is 2.61 bits per heavy atom. The van der Waals surface area contributed by atoms with Crippen LogP contribution in [0.15, 0.2) is 41.3 Å². The third kappa shape index (κ3) is 3.79. The number of carbonyl (C=O) groups is 2. The van der Waals surface area contributed by atoms with Crippen LogP contribution in [0.25, 0.3) is 16.7 Å². The molecule has 1 aliphatic heterocycles. The van der Waals surface area contributed by atoms with Gasteiger partial charge in [-0.15, -0.1) is 0 Å². The number of aromatic hydroxyl groups is 1. The van der Waals surface area contributed by atoms with Crippen molar-refractivity contribution < 1.29 is 24.2 Å². The molecule has 10 heteroatoms. The predicted octanol–water partition coefficient (Wildman–Crippen LogP) is 1.64. The minimum absolute atomic E-state index is 0.00771. The number of rotatable bonds is 4. The summed E-state index contributed by atoms with van der Waals surface area (Å²) in [5.74, 6) is -2.36. The van der Waals surface area contributed by atoms with E-state index in [9.17, 15) is 29.0 Å². The van der Waals surface area contributed by atoms with E-state index in [-0.39, 0.29) is 34.5 Å². The number of carbonyl (C=O) groups excluding carboxylic acids is 1. The maximum atomic E-state index is 14.9.